The largest absolute Gasteiger partial charge is 0.330 e. The molecule has 1 aliphatic heterocycles. The maximum atomic E-state index is 11.7. The average molecular weight is 275 g/mol. The van der Waals surface area contributed by atoms with Gasteiger partial charge in [-0.05, 0) is 25.7 Å². The van der Waals surface area contributed by atoms with Gasteiger partial charge in [0.25, 0.3) is 5.91 Å². The normalized spacial score (nSPS) is 18.2. The van der Waals surface area contributed by atoms with E-state index in [-0.39, 0.29) is 11.9 Å². The van der Waals surface area contributed by atoms with Gasteiger partial charge in [0, 0.05) is 26.2 Å². The first-order valence-corrected chi connectivity index (χ1v) is 6.71. The lowest BCUT2D eigenvalue weighted by atomic mass is 10.2. The summed E-state index contributed by atoms with van der Waals surface area (Å²) in [5, 5.41) is 12.9. The van der Waals surface area contributed by atoms with Gasteiger partial charge in [-0.15, -0.1) is 0 Å². The minimum absolute atomic E-state index is 0.0559. The van der Waals surface area contributed by atoms with Gasteiger partial charge in [0.05, 0.1) is 6.04 Å². The number of carbonyl (C=O) groups is 1. The van der Waals surface area contributed by atoms with Crippen LogP contribution in [0, 0.1) is 17.3 Å². The summed E-state index contributed by atoms with van der Waals surface area (Å²) in [7, 11) is 0. The molecular weight excluding hydrogens is 254 g/mol. The van der Waals surface area contributed by atoms with Crippen molar-refractivity contribution in [1.29, 1.82) is 5.41 Å². The number of hydrazone groups is 1. The first-order valence-electron chi connectivity index (χ1n) is 6.71. The second-order valence-corrected chi connectivity index (χ2v) is 4.48. The van der Waals surface area contributed by atoms with E-state index < -0.39 is 0 Å². The monoisotopic (exact) mass is 275 g/mol. The van der Waals surface area contributed by atoms with Crippen molar-refractivity contribution in [2.75, 3.05) is 13.1 Å². The van der Waals surface area contributed by atoms with Gasteiger partial charge in [0.2, 0.25) is 0 Å². The molecule has 0 aromatic carbocycles. The van der Waals surface area contributed by atoms with E-state index in [1.807, 2.05) is 6.92 Å². The molecule has 0 aliphatic carbocycles. The van der Waals surface area contributed by atoms with Crippen molar-refractivity contribution in [2.45, 2.75) is 39.2 Å². The van der Waals surface area contributed by atoms with Crippen molar-refractivity contribution in [2.24, 2.45) is 10.1 Å². The fraction of sp³-hybridized carbons (Fsp3) is 0.571. The smallest absolute Gasteiger partial charge is 0.298 e. The highest BCUT2D eigenvalue weighted by Gasteiger charge is 2.31. The molecular formula is C14H21N5O. The molecule has 20 heavy (non-hydrogen) atoms. The van der Waals surface area contributed by atoms with Crippen LogP contribution in [0.2, 0.25) is 0 Å². The topological polar surface area (TPSA) is 72.1 Å². The zero-order valence-corrected chi connectivity index (χ0v) is 12.1. The number of amides is 1. The molecule has 1 aliphatic rings. The third kappa shape index (κ3) is 3.92. The minimum atomic E-state index is -0.153. The zero-order chi connectivity index (χ0) is 15.0. The number of likely N-dealkylation sites (tertiary alicyclic amines) is 1. The Labute approximate surface area is 120 Å². The van der Waals surface area contributed by atoms with Gasteiger partial charge in [-0.25, -0.2) is 10.0 Å². The predicted molar refractivity (Wildman–Crippen MR) is 80.9 cm³/mol. The molecule has 1 amide bonds. The molecule has 0 unspecified atom stereocenters. The molecule has 0 aromatic heterocycles. The summed E-state index contributed by atoms with van der Waals surface area (Å²) in [5.41, 5.74) is 0. The first-order chi connectivity index (χ1) is 9.67. The Kier molecular flexibility index (Phi) is 6.44. The third-order valence-electron chi connectivity index (χ3n) is 3.13. The summed E-state index contributed by atoms with van der Waals surface area (Å²) in [4.78, 5) is 17.5. The lowest BCUT2D eigenvalue weighted by Gasteiger charge is -2.26. The van der Waals surface area contributed by atoms with Crippen LogP contribution in [-0.4, -0.2) is 53.8 Å². The number of carbonyl (C=O) groups excluding carboxylic acids is 1. The Morgan fingerprint density at radius 2 is 2.40 bits per heavy atom. The van der Waals surface area contributed by atoms with Gasteiger partial charge in [0.15, 0.2) is 0 Å². The number of hydrogen-bond acceptors (Lipinski definition) is 3. The molecule has 0 spiro atoms. The zero-order valence-electron chi connectivity index (χ0n) is 12.1. The van der Waals surface area contributed by atoms with Gasteiger partial charge < -0.3 is 4.90 Å². The molecule has 1 rings (SSSR count). The highest BCUT2D eigenvalue weighted by atomic mass is 16.2. The van der Waals surface area contributed by atoms with E-state index >= 15 is 0 Å². The molecule has 0 bridgehead atoms. The van der Waals surface area contributed by atoms with Crippen LogP contribution in [-0.2, 0) is 4.79 Å². The SMILES string of the molecule is C=NN(/C(CCC)=N/C=N)[C@@H]1CCN(C(=O)C#CC)C1. The van der Waals surface area contributed by atoms with Gasteiger partial charge in [0.1, 0.15) is 12.2 Å². The van der Waals surface area contributed by atoms with Crippen molar-refractivity contribution < 1.29 is 4.79 Å². The van der Waals surface area contributed by atoms with Crippen LogP contribution in [0.15, 0.2) is 10.1 Å². The number of nitrogens with one attached hydrogen (secondary N) is 1. The van der Waals surface area contributed by atoms with E-state index in [1.54, 1.807) is 16.8 Å². The van der Waals surface area contributed by atoms with Crippen LogP contribution in [0.25, 0.3) is 0 Å². The Balaban J connectivity index is 2.79. The summed E-state index contributed by atoms with van der Waals surface area (Å²) in [6.45, 7) is 8.51. The van der Waals surface area contributed by atoms with E-state index in [2.05, 4.69) is 28.7 Å². The van der Waals surface area contributed by atoms with Crippen LogP contribution in [0.1, 0.15) is 33.1 Å². The summed E-state index contributed by atoms with van der Waals surface area (Å²) in [5.74, 6) is 5.74. The molecule has 0 radical (unpaired) electrons. The van der Waals surface area contributed by atoms with Crippen LogP contribution in [0.4, 0.5) is 0 Å². The minimum Gasteiger partial charge on any atom is -0.330 e. The Morgan fingerprint density at radius 3 is 2.95 bits per heavy atom. The fourth-order valence-corrected chi connectivity index (χ4v) is 2.26. The standard InChI is InChI=1S/C14H21N5O/c1-4-6-13(17-11-15)19(16-3)12-8-9-18(10-12)14(20)7-5-2/h11-12,15H,3-4,6,8-10H2,1-2H3/b15-11?,17-13+/t12-/m1/s1. The van der Waals surface area contributed by atoms with E-state index in [9.17, 15) is 4.79 Å². The molecule has 1 N–H and O–H groups in total. The molecule has 6 nitrogen and oxygen atoms in total. The van der Waals surface area contributed by atoms with Crippen LogP contribution in [0.3, 0.4) is 0 Å². The molecule has 1 fully saturated rings. The van der Waals surface area contributed by atoms with Gasteiger partial charge in [-0.2, -0.15) is 5.10 Å². The van der Waals surface area contributed by atoms with E-state index in [1.165, 1.54) is 0 Å². The van der Waals surface area contributed by atoms with E-state index in [0.29, 0.717) is 13.1 Å². The number of aliphatic imine (C=N–C) groups is 1. The Bertz CT molecular complexity index is 460. The van der Waals surface area contributed by atoms with Crippen LogP contribution < -0.4 is 0 Å². The van der Waals surface area contributed by atoms with E-state index in [4.69, 9.17) is 5.41 Å². The maximum Gasteiger partial charge on any atom is 0.298 e. The van der Waals surface area contributed by atoms with Gasteiger partial charge in [-0.3, -0.25) is 10.2 Å². The maximum absolute atomic E-state index is 11.7. The third-order valence-corrected chi connectivity index (χ3v) is 3.13. The lowest BCUT2D eigenvalue weighted by molar-refractivity contribution is -0.124. The van der Waals surface area contributed by atoms with Crippen LogP contribution >= 0.6 is 0 Å². The lowest BCUT2D eigenvalue weighted by Crippen LogP contribution is -2.39. The molecule has 1 heterocycles. The Hall–Kier alpha value is -2.16. The molecule has 108 valence electrons. The fourth-order valence-electron chi connectivity index (χ4n) is 2.26. The second-order valence-electron chi connectivity index (χ2n) is 4.48. The van der Waals surface area contributed by atoms with Crippen molar-refractivity contribution in [1.82, 2.24) is 9.91 Å². The number of rotatable bonds is 5. The molecule has 6 heteroatoms. The number of hydrogen-bond donors (Lipinski definition) is 1. The van der Waals surface area contributed by atoms with Crippen molar-refractivity contribution >= 4 is 24.8 Å². The summed E-state index contributed by atoms with van der Waals surface area (Å²) in [6, 6.07) is 0.0559. The summed E-state index contributed by atoms with van der Waals surface area (Å²) >= 11 is 0. The first kappa shape index (κ1) is 15.9. The van der Waals surface area contributed by atoms with Crippen LogP contribution in [0.5, 0.6) is 0 Å². The molecule has 1 saturated heterocycles. The van der Waals surface area contributed by atoms with Crippen molar-refractivity contribution in [3.05, 3.63) is 0 Å². The van der Waals surface area contributed by atoms with Crippen molar-refractivity contribution in [3.63, 3.8) is 0 Å². The van der Waals surface area contributed by atoms with Crippen molar-refractivity contribution in [3.8, 4) is 11.8 Å². The highest BCUT2D eigenvalue weighted by molar-refractivity contribution is 5.94. The average Bonchev–Trinajstić information content (AvgIpc) is 2.90. The number of amidine groups is 1. The van der Waals surface area contributed by atoms with Gasteiger partial charge in [-0.1, -0.05) is 12.8 Å². The predicted octanol–water partition coefficient (Wildman–Crippen LogP) is 1.33. The molecule has 0 aromatic rings. The van der Waals surface area contributed by atoms with E-state index in [0.717, 1.165) is 31.4 Å². The quantitative estimate of drug-likeness (QED) is 0.356. The molecule has 0 saturated carbocycles. The van der Waals surface area contributed by atoms with Gasteiger partial charge >= 0.3 is 0 Å². The Morgan fingerprint density at radius 1 is 1.65 bits per heavy atom. The summed E-state index contributed by atoms with van der Waals surface area (Å²) < 4.78 is 0. The highest BCUT2D eigenvalue weighted by Crippen LogP contribution is 2.18. The summed E-state index contributed by atoms with van der Waals surface area (Å²) in [6.07, 6.45) is 3.46. The second kappa shape index (κ2) is 8.10. The number of nitrogens with zero attached hydrogens (tertiary/aromatic N) is 4. The molecule has 1 atom stereocenters.